The zero-order valence-electron chi connectivity index (χ0n) is 12.1. The van der Waals surface area contributed by atoms with Gasteiger partial charge in [-0.3, -0.25) is 9.42 Å². The Morgan fingerprint density at radius 3 is 2.35 bits per heavy atom. The average Bonchev–Trinajstić information content (AvgIpc) is 2.74. The zero-order valence-corrected chi connectivity index (χ0v) is 12.1. The van der Waals surface area contributed by atoms with E-state index in [4.69, 9.17) is 5.73 Å². The quantitative estimate of drug-likeness (QED) is 0.841. The van der Waals surface area contributed by atoms with Gasteiger partial charge in [-0.25, -0.2) is 0 Å². The third-order valence-corrected chi connectivity index (χ3v) is 3.22. The summed E-state index contributed by atoms with van der Waals surface area (Å²) in [5, 5.41) is 4.38. The van der Waals surface area contributed by atoms with Gasteiger partial charge in [-0.05, 0) is 19.3 Å². The Morgan fingerprint density at radius 2 is 1.90 bits per heavy atom. The van der Waals surface area contributed by atoms with E-state index in [1.165, 1.54) is 0 Å². The molecular weight excluding hydrogens is 271 g/mol. The Labute approximate surface area is 117 Å². The SMILES string of the molecule is CCc1nn(CCOC(F)(F)F)c(CC)c1C(N)CC. The molecule has 4 nitrogen and oxygen atoms in total. The van der Waals surface area contributed by atoms with Crippen molar-refractivity contribution in [2.24, 2.45) is 5.73 Å². The van der Waals surface area contributed by atoms with Gasteiger partial charge in [0.2, 0.25) is 0 Å². The minimum atomic E-state index is -4.60. The summed E-state index contributed by atoms with van der Waals surface area (Å²) in [7, 11) is 0. The molecule has 20 heavy (non-hydrogen) atoms. The second-order valence-electron chi connectivity index (χ2n) is 4.55. The number of hydrogen-bond donors (Lipinski definition) is 1. The van der Waals surface area contributed by atoms with Crippen LogP contribution in [0.2, 0.25) is 0 Å². The van der Waals surface area contributed by atoms with Gasteiger partial charge < -0.3 is 5.73 Å². The van der Waals surface area contributed by atoms with Crippen molar-refractivity contribution in [3.63, 3.8) is 0 Å². The van der Waals surface area contributed by atoms with Crippen LogP contribution in [-0.2, 0) is 24.1 Å². The largest absolute Gasteiger partial charge is 0.522 e. The third-order valence-electron chi connectivity index (χ3n) is 3.22. The number of hydrogen-bond acceptors (Lipinski definition) is 3. The van der Waals surface area contributed by atoms with Crippen molar-refractivity contribution in [1.82, 2.24) is 9.78 Å². The highest BCUT2D eigenvalue weighted by Crippen LogP contribution is 2.24. The van der Waals surface area contributed by atoms with Crippen molar-refractivity contribution < 1.29 is 17.9 Å². The molecule has 1 rings (SSSR count). The lowest BCUT2D eigenvalue weighted by Gasteiger charge is -2.13. The van der Waals surface area contributed by atoms with Crippen LogP contribution in [0.5, 0.6) is 0 Å². The molecule has 0 aliphatic carbocycles. The zero-order chi connectivity index (χ0) is 15.3. The normalized spacial score (nSPS) is 13.8. The van der Waals surface area contributed by atoms with E-state index in [0.29, 0.717) is 12.8 Å². The lowest BCUT2D eigenvalue weighted by Crippen LogP contribution is -2.19. The van der Waals surface area contributed by atoms with Crippen molar-refractivity contribution in [3.8, 4) is 0 Å². The van der Waals surface area contributed by atoms with Gasteiger partial charge in [0.05, 0.1) is 18.8 Å². The Morgan fingerprint density at radius 1 is 1.25 bits per heavy atom. The van der Waals surface area contributed by atoms with Crippen molar-refractivity contribution in [2.75, 3.05) is 6.61 Å². The fourth-order valence-corrected chi connectivity index (χ4v) is 2.26. The van der Waals surface area contributed by atoms with E-state index in [2.05, 4.69) is 9.84 Å². The van der Waals surface area contributed by atoms with Crippen LogP contribution in [0, 0.1) is 0 Å². The molecule has 1 unspecified atom stereocenters. The van der Waals surface area contributed by atoms with Crippen molar-refractivity contribution in [1.29, 1.82) is 0 Å². The van der Waals surface area contributed by atoms with Crippen LogP contribution in [0.3, 0.4) is 0 Å². The molecule has 0 radical (unpaired) electrons. The summed E-state index contributed by atoms with van der Waals surface area (Å²) in [6, 6.07) is -0.128. The predicted molar refractivity (Wildman–Crippen MR) is 70.2 cm³/mol. The molecule has 0 aliphatic heterocycles. The molecule has 1 heterocycles. The summed E-state index contributed by atoms with van der Waals surface area (Å²) in [6.07, 6.45) is -2.44. The molecule has 0 amide bonds. The topological polar surface area (TPSA) is 53.1 Å². The Kier molecular flexibility index (Phi) is 6.01. The fraction of sp³-hybridized carbons (Fsp3) is 0.769. The first-order valence-corrected chi connectivity index (χ1v) is 6.88. The number of aromatic nitrogens is 2. The van der Waals surface area contributed by atoms with E-state index < -0.39 is 13.0 Å². The Bertz CT molecular complexity index is 429. The maximum absolute atomic E-state index is 12.0. The maximum Gasteiger partial charge on any atom is 0.522 e. The van der Waals surface area contributed by atoms with Crippen LogP contribution in [0.4, 0.5) is 13.2 Å². The van der Waals surface area contributed by atoms with Crippen molar-refractivity contribution >= 4 is 0 Å². The van der Waals surface area contributed by atoms with Crippen LogP contribution in [0.15, 0.2) is 0 Å². The van der Waals surface area contributed by atoms with E-state index in [0.717, 1.165) is 23.4 Å². The molecule has 0 aromatic carbocycles. The number of halogens is 3. The maximum atomic E-state index is 12.0. The Balaban J connectivity index is 2.93. The molecule has 1 aromatic heterocycles. The van der Waals surface area contributed by atoms with Crippen LogP contribution in [0.1, 0.15) is 50.2 Å². The first kappa shape index (κ1) is 17.0. The molecular formula is C13H22F3N3O. The van der Waals surface area contributed by atoms with Crippen LogP contribution in [-0.4, -0.2) is 22.7 Å². The van der Waals surface area contributed by atoms with Crippen molar-refractivity contribution in [2.45, 2.75) is 59.0 Å². The lowest BCUT2D eigenvalue weighted by atomic mass is 10.00. The van der Waals surface area contributed by atoms with Gasteiger partial charge in [-0.2, -0.15) is 5.10 Å². The van der Waals surface area contributed by atoms with Crippen LogP contribution >= 0.6 is 0 Å². The first-order chi connectivity index (χ1) is 9.34. The molecule has 7 heteroatoms. The molecule has 1 atom stereocenters. The number of alkyl halides is 3. The van der Waals surface area contributed by atoms with Crippen LogP contribution < -0.4 is 5.73 Å². The summed E-state index contributed by atoms with van der Waals surface area (Å²) in [5.74, 6) is 0. The number of nitrogens with two attached hydrogens (primary N) is 1. The first-order valence-electron chi connectivity index (χ1n) is 6.88. The van der Waals surface area contributed by atoms with Gasteiger partial charge in [-0.15, -0.1) is 13.2 Å². The second kappa shape index (κ2) is 7.08. The molecule has 0 fully saturated rings. The number of nitrogens with zero attached hydrogens (tertiary/aromatic N) is 2. The monoisotopic (exact) mass is 293 g/mol. The van der Waals surface area contributed by atoms with E-state index in [1.54, 1.807) is 4.68 Å². The third kappa shape index (κ3) is 4.21. The predicted octanol–water partition coefficient (Wildman–Crippen LogP) is 2.95. The second-order valence-corrected chi connectivity index (χ2v) is 4.55. The standard InChI is InChI=1S/C13H22F3N3O/c1-4-9(17)12-10(5-2)18-19(11(12)6-3)7-8-20-13(14,15)16/h9H,4-8,17H2,1-3H3. The molecule has 116 valence electrons. The molecule has 1 aromatic rings. The van der Waals surface area contributed by atoms with Gasteiger partial charge in [-0.1, -0.05) is 20.8 Å². The molecule has 0 saturated heterocycles. The van der Waals surface area contributed by atoms with Gasteiger partial charge in [0, 0.05) is 17.3 Å². The number of rotatable bonds is 7. The fourth-order valence-electron chi connectivity index (χ4n) is 2.26. The van der Waals surface area contributed by atoms with Gasteiger partial charge in [0.25, 0.3) is 0 Å². The van der Waals surface area contributed by atoms with E-state index in [-0.39, 0.29) is 12.6 Å². The highest BCUT2D eigenvalue weighted by Gasteiger charge is 2.29. The lowest BCUT2D eigenvalue weighted by molar-refractivity contribution is -0.325. The highest BCUT2D eigenvalue weighted by molar-refractivity contribution is 5.30. The molecule has 2 N–H and O–H groups in total. The molecule has 0 saturated carbocycles. The smallest absolute Gasteiger partial charge is 0.324 e. The number of ether oxygens (including phenoxy) is 1. The molecule has 0 spiro atoms. The average molecular weight is 293 g/mol. The van der Waals surface area contributed by atoms with Crippen LogP contribution in [0.25, 0.3) is 0 Å². The summed E-state index contributed by atoms with van der Waals surface area (Å²) < 4.78 is 41.4. The Hall–Kier alpha value is -1.08. The summed E-state index contributed by atoms with van der Waals surface area (Å²) >= 11 is 0. The molecule has 0 aliphatic rings. The van der Waals surface area contributed by atoms with E-state index >= 15 is 0 Å². The van der Waals surface area contributed by atoms with E-state index in [9.17, 15) is 13.2 Å². The highest BCUT2D eigenvalue weighted by atomic mass is 19.4. The number of aryl methyl sites for hydroxylation is 1. The summed E-state index contributed by atoms with van der Waals surface area (Å²) in [6.45, 7) is 5.52. The summed E-state index contributed by atoms with van der Waals surface area (Å²) in [5.41, 5.74) is 8.84. The van der Waals surface area contributed by atoms with Gasteiger partial charge in [0.15, 0.2) is 0 Å². The minimum Gasteiger partial charge on any atom is -0.324 e. The van der Waals surface area contributed by atoms with Gasteiger partial charge >= 0.3 is 6.36 Å². The van der Waals surface area contributed by atoms with Gasteiger partial charge in [0.1, 0.15) is 0 Å². The van der Waals surface area contributed by atoms with Crippen molar-refractivity contribution in [3.05, 3.63) is 17.0 Å². The molecule has 0 bridgehead atoms. The van der Waals surface area contributed by atoms with E-state index in [1.807, 2.05) is 20.8 Å². The minimum absolute atomic E-state index is 0.0755. The summed E-state index contributed by atoms with van der Waals surface area (Å²) in [4.78, 5) is 0.